The molecule has 2 aromatic rings. The van der Waals surface area contributed by atoms with E-state index in [0.717, 1.165) is 28.3 Å². The molecule has 3 rings (SSSR count). The molecule has 1 aliphatic rings. The van der Waals surface area contributed by atoms with Crippen molar-refractivity contribution >= 4 is 0 Å². The second kappa shape index (κ2) is 5.25. The van der Waals surface area contributed by atoms with Gasteiger partial charge in [0, 0.05) is 11.4 Å². The molecule has 1 unspecified atom stereocenters. The molecule has 0 spiro atoms. The van der Waals surface area contributed by atoms with Crippen LogP contribution < -0.4 is 10.5 Å². The summed E-state index contributed by atoms with van der Waals surface area (Å²) in [5, 5.41) is 0. The van der Waals surface area contributed by atoms with Crippen molar-refractivity contribution in [2.24, 2.45) is 5.73 Å². The molecule has 0 radical (unpaired) electrons. The number of aryl methyl sites for hydroxylation is 2. The Kier molecular flexibility index (Phi) is 3.45. The number of nitrogens with two attached hydrogens (primary N) is 1. The van der Waals surface area contributed by atoms with E-state index < -0.39 is 0 Å². The van der Waals surface area contributed by atoms with Crippen LogP contribution in [-0.2, 0) is 0 Å². The van der Waals surface area contributed by atoms with Gasteiger partial charge < -0.3 is 10.5 Å². The number of ether oxygens (including phenoxy) is 1. The topological polar surface area (TPSA) is 48.1 Å². The van der Waals surface area contributed by atoms with Gasteiger partial charge in [-0.05, 0) is 62.1 Å². The molecule has 1 heterocycles. The summed E-state index contributed by atoms with van der Waals surface area (Å²) >= 11 is 0. The summed E-state index contributed by atoms with van der Waals surface area (Å²) in [6.45, 7) is 3.99. The van der Waals surface area contributed by atoms with Gasteiger partial charge in [-0.25, -0.2) is 0 Å². The Morgan fingerprint density at radius 2 is 1.80 bits per heavy atom. The van der Waals surface area contributed by atoms with Gasteiger partial charge in [-0.1, -0.05) is 12.1 Å². The van der Waals surface area contributed by atoms with E-state index in [4.69, 9.17) is 10.5 Å². The Balaban J connectivity index is 1.86. The molecule has 3 heteroatoms. The van der Waals surface area contributed by atoms with Gasteiger partial charge in [0.05, 0.1) is 12.1 Å². The van der Waals surface area contributed by atoms with Crippen molar-refractivity contribution in [1.29, 1.82) is 0 Å². The highest BCUT2D eigenvalue weighted by Crippen LogP contribution is 2.29. The third-order valence-electron chi connectivity index (χ3n) is 3.51. The predicted molar refractivity (Wildman–Crippen MR) is 79.8 cm³/mol. The highest BCUT2D eigenvalue weighted by Gasteiger charge is 2.23. The molecular weight excluding hydrogens is 248 g/mol. The van der Waals surface area contributed by atoms with Crippen LogP contribution >= 0.6 is 0 Å². The van der Waals surface area contributed by atoms with Crippen LogP contribution in [-0.4, -0.2) is 11.1 Å². The van der Waals surface area contributed by atoms with Crippen molar-refractivity contribution in [2.75, 3.05) is 0 Å². The number of rotatable bonds is 4. The first-order valence-corrected chi connectivity index (χ1v) is 7.09. The summed E-state index contributed by atoms with van der Waals surface area (Å²) in [4.78, 5) is 4.40. The summed E-state index contributed by atoms with van der Waals surface area (Å²) in [5.74, 6) is 0.919. The van der Waals surface area contributed by atoms with Crippen LogP contribution in [0.3, 0.4) is 0 Å². The van der Waals surface area contributed by atoms with E-state index in [1.807, 2.05) is 44.2 Å². The minimum absolute atomic E-state index is 0.141. The standard InChI is InChI=1S/C17H20N2O/c1-11-8-14(9-12(2)19-11)17(18)13-4-3-5-16(10-13)20-15-6-7-15/h3-5,8-10,15,17H,6-7,18H2,1-2H3. The zero-order valence-electron chi connectivity index (χ0n) is 12.0. The van der Waals surface area contributed by atoms with Gasteiger partial charge >= 0.3 is 0 Å². The maximum absolute atomic E-state index is 6.39. The maximum Gasteiger partial charge on any atom is 0.120 e. The fourth-order valence-electron chi connectivity index (χ4n) is 2.40. The second-order valence-corrected chi connectivity index (χ2v) is 5.55. The molecule has 0 amide bonds. The van der Waals surface area contributed by atoms with Gasteiger partial charge in [0.2, 0.25) is 0 Å². The smallest absolute Gasteiger partial charge is 0.120 e. The van der Waals surface area contributed by atoms with E-state index in [0.29, 0.717) is 6.10 Å². The van der Waals surface area contributed by atoms with Crippen LogP contribution in [0.1, 0.15) is 41.4 Å². The normalized spacial score (nSPS) is 15.9. The third kappa shape index (κ3) is 2.99. The van der Waals surface area contributed by atoms with Crippen LogP contribution in [0.15, 0.2) is 36.4 Å². The van der Waals surface area contributed by atoms with E-state index in [1.165, 1.54) is 12.8 Å². The number of hydrogen-bond donors (Lipinski definition) is 1. The Labute approximate surface area is 119 Å². The molecule has 104 valence electrons. The molecule has 0 bridgehead atoms. The molecule has 1 aromatic heterocycles. The zero-order chi connectivity index (χ0) is 14.1. The lowest BCUT2D eigenvalue weighted by molar-refractivity contribution is 0.303. The summed E-state index contributed by atoms with van der Waals surface area (Å²) < 4.78 is 5.83. The predicted octanol–water partition coefficient (Wildman–Crippen LogP) is 3.29. The van der Waals surface area contributed by atoms with Gasteiger partial charge in [0.15, 0.2) is 0 Å². The lowest BCUT2D eigenvalue weighted by Crippen LogP contribution is -2.13. The molecule has 3 nitrogen and oxygen atoms in total. The molecule has 1 aliphatic carbocycles. The highest BCUT2D eigenvalue weighted by atomic mass is 16.5. The largest absolute Gasteiger partial charge is 0.490 e. The third-order valence-corrected chi connectivity index (χ3v) is 3.51. The number of benzene rings is 1. The van der Waals surface area contributed by atoms with Crippen LogP contribution in [0, 0.1) is 13.8 Å². The highest BCUT2D eigenvalue weighted by molar-refractivity contribution is 5.37. The van der Waals surface area contributed by atoms with E-state index >= 15 is 0 Å². The first-order chi connectivity index (χ1) is 9.61. The van der Waals surface area contributed by atoms with Crippen molar-refractivity contribution < 1.29 is 4.74 Å². The van der Waals surface area contributed by atoms with Gasteiger partial charge in [0.25, 0.3) is 0 Å². The SMILES string of the molecule is Cc1cc(C(N)c2cccc(OC3CC3)c2)cc(C)n1. The Hall–Kier alpha value is -1.87. The van der Waals surface area contributed by atoms with Gasteiger partial charge in [-0.2, -0.15) is 0 Å². The van der Waals surface area contributed by atoms with Crippen LogP contribution in [0.25, 0.3) is 0 Å². The van der Waals surface area contributed by atoms with E-state index in [2.05, 4.69) is 11.1 Å². The molecule has 0 aliphatic heterocycles. The van der Waals surface area contributed by atoms with Crippen LogP contribution in [0.5, 0.6) is 5.75 Å². The average molecular weight is 268 g/mol. The Bertz CT molecular complexity index is 600. The van der Waals surface area contributed by atoms with Crippen molar-refractivity contribution in [3.05, 3.63) is 58.9 Å². The fourth-order valence-corrected chi connectivity index (χ4v) is 2.40. The first kappa shape index (κ1) is 13.1. The van der Waals surface area contributed by atoms with Crippen molar-refractivity contribution in [3.63, 3.8) is 0 Å². The summed E-state index contributed by atoms with van der Waals surface area (Å²) in [7, 11) is 0. The van der Waals surface area contributed by atoms with Gasteiger partial charge in [-0.15, -0.1) is 0 Å². The molecular formula is C17H20N2O. The minimum Gasteiger partial charge on any atom is -0.490 e. The molecule has 0 saturated heterocycles. The Morgan fingerprint density at radius 3 is 2.45 bits per heavy atom. The van der Waals surface area contributed by atoms with Crippen molar-refractivity contribution in [1.82, 2.24) is 4.98 Å². The van der Waals surface area contributed by atoms with Gasteiger partial charge in [0.1, 0.15) is 5.75 Å². The van der Waals surface area contributed by atoms with Crippen molar-refractivity contribution in [3.8, 4) is 5.75 Å². The minimum atomic E-state index is -0.141. The molecule has 1 saturated carbocycles. The molecule has 2 N–H and O–H groups in total. The molecule has 1 aromatic carbocycles. The van der Waals surface area contributed by atoms with Gasteiger partial charge in [-0.3, -0.25) is 4.98 Å². The van der Waals surface area contributed by atoms with E-state index in [9.17, 15) is 0 Å². The van der Waals surface area contributed by atoms with Crippen LogP contribution in [0.4, 0.5) is 0 Å². The number of nitrogens with zero attached hydrogens (tertiary/aromatic N) is 1. The monoisotopic (exact) mass is 268 g/mol. The first-order valence-electron chi connectivity index (χ1n) is 7.09. The number of aromatic nitrogens is 1. The lowest BCUT2D eigenvalue weighted by Gasteiger charge is -2.15. The summed E-state index contributed by atoms with van der Waals surface area (Å²) in [5.41, 5.74) is 10.6. The van der Waals surface area contributed by atoms with E-state index in [-0.39, 0.29) is 6.04 Å². The molecule has 1 fully saturated rings. The fraction of sp³-hybridized carbons (Fsp3) is 0.353. The molecule has 20 heavy (non-hydrogen) atoms. The summed E-state index contributed by atoms with van der Waals surface area (Å²) in [6, 6.07) is 12.1. The maximum atomic E-state index is 6.39. The Morgan fingerprint density at radius 1 is 1.10 bits per heavy atom. The number of hydrogen-bond acceptors (Lipinski definition) is 3. The average Bonchev–Trinajstić information content (AvgIpc) is 3.21. The second-order valence-electron chi connectivity index (χ2n) is 5.55. The lowest BCUT2D eigenvalue weighted by atomic mass is 9.99. The zero-order valence-corrected chi connectivity index (χ0v) is 12.0. The summed E-state index contributed by atoms with van der Waals surface area (Å²) in [6.07, 6.45) is 2.74. The van der Waals surface area contributed by atoms with E-state index in [1.54, 1.807) is 0 Å². The van der Waals surface area contributed by atoms with Crippen LogP contribution in [0.2, 0.25) is 0 Å². The quantitative estimate of drug-likeness (QED) is 0.925. The molecule has 1 atom stereocenters. The number of pyridine rings is 1. The van der Waals surface area contributed by atoms with Crippen molar-refractivity contribution in [2.45, 2.75) is 38.8 Å².